The first kappa shape index (κ1) is 26.4. The van der Waals surface area contributed by atoms with Gasteiger partial charge < -0.3 is 19.2 Å². The summed E-state index contributed by atoms with van der Waals surface area (Å²) in [7, 11) is 0. The van der Waals surface area contributed by atoms with Crippen molar-refractivity contribution in [3.05, 3.63) is 74.8 Å². The zero-order chi connectivity index (χ0) is 27.5. The number of fused-ring (bicyclic) bond motifs is 2. The van der Waals surface area contributed by atoms with Gasteiger partial charge in [-0.05, 0) is 72.5 Å². The Morgan fingerprint density at radius 1 is 1.10 bits per heavy atom. The lowest BCUT2D eigenvalue weighted by atomic mass is 10.0. The summed E-state index contributed by atoms with van der Waals surface area (Å²) in [6.45, 7) is 8.97. The van der Waals surface area contributed by atoms with E-state index in [1.807, 2.05) is 51.1 Å². The van der Waals surface area contributed by atoms with E-state index in [9.17, 15) is 9.59 Å². The topological polar surface area (TPSA) is 124 Å². The van der Waals surface area contributed by atoms with Crippen LogP contribution in [-0.4, -0.2) is 49.5 Å². The number of carbonyl (C=O) groups excluding carboxylic acids is 1. The largest absolute Gasteiger partial charge is 0.465 e. The molecule has 0 bridgehead atoms. The summed E-state index contributed by atoms with van der Waals surface area (Å²) in [5.41, 5.74) is 4.40. The van der Waals surface area contributed by atoms with Gasteiger partial charge in [0.1, 0.15) is 6.54 Å². The molecule has 1 aliphatic heterocycles. The number of esters is 1. The number of ether oxygens (including phenoxy) is 3. The molecular weight excluding hydrogens is 500 g/mol. The lowest BCUT2D eigenvalue weighted by Gasteiger charge is -2.30. The van der Waals surface area contributed by atoms with Gasteiger partial charge in [0.15, 0.2) is 17.3 Å². The molecular formula is C28H32N6O5. The molecule has 0 aliphatic carbocycles. The molecule has 4 aromatic rings. The zero-order valence-corrected chi connectivity index (χ0v) is 22.6. The molecule has 0 radical (unpaired) electrons. The third-order valence-electron chi connectivity index (χ3n) is 6.99. The van der Waals surface area contributed by atoms with E-state index in [0.717, 1.165) is 27.6 Å². The second-order valence-electron chi connectivity index (χ2n) is 9.63. The van der Waals surface area contributed by atoms with E-state index in [1.54, 1.807) is 6.92 Å². The fourth-order valence-corrected chi connectivity index (χ4v) is 5.00. The summed E-state index contributed by atoms with van der Waals surface area (Å²) in [6.07, 6.45) is 0.636. The van der Waals surface area contributed by atoms with Crippen LogP contribution in [0.2, 0.25) is 0 Å². The number of carbonyl (C=O) groups is 1. The first-order valence-corrected chi connectivity index (χ1v) is 13.0. The van der Waals surface area contributed by atoms with Crippen LogP contribution in [0.5, 0.6) is 11.5 Å². The van der Waals surface area contributed by atoms with Crippen molar-refractivity contribution >= 4 is 16.9 Å². The molecule has 0 amide bonds. The van der Waals surface area contributed by atoms with E-state index in [0.29, 0.717) is 42.4 Å². The molecule has 0 saturated heterocycles. The number of aromatic amines is 1. The Morgan fingerprint density at radius 3 is 2.69 bits per heavy atom. The van der Waals surface area contributed by atoms with E-state index in [2.05, 4.69) is 31.5 Å². The fraction of sp³-hybridized carbons (Fsp3) is 0.393. The Hall–Kier alpha value is -4.25. The Labute approximate surface area is 225 Å². The molecule has 204 valence electrons. The van der Waals surface area contributed by atoms with Crippen LogP contribution in [-0.2, 0) is 29.2 Å². The summed E-state index contributed by atoms with van der Waals surface area (Å²) < 4.78 is 17.7. The lowest BCUT2D eigenvalue weighted by molar-refractivity contribution is -0.144. The predicted octanol–water partition coefficient (Wildman–Crippen LogP) is 3.58. The molecule has 5 rings (SSSR count). The third-order valence-corrected chi connectivity index (χ3v) is 6.99. The van der Waals surface area contributed by atoms with E-state index in [-0.39, 0.29) is 31.5 Å². The number of pyridine rings is 1. The van der Waals surface area contributed by atoms with Gasteiger partial charge in [0.2, 0.25) is 6.79 Å². The number of nitrogens with one attached hydrogen (secondary N) is 1. The monoisotopic (exact) mass is 532 g/mol. The molecule has 2 aromatic heterocycles. The molecule has 39 heavy (non-hydrogen) atoms. The smallest absolute Gasteiger partial charge is 0.327 e. The second kappa shape index (κ2) is 11.2. The molecule has 0 unspecified atom stereocenters. The Kier molecular flexibility index (Phi) is 7.60. The molecule has 1 atom stereocenters. The number of H-pyrrole nitrogens is 1. The molecule has 1 N–H and O–H groups in total. The Balaban J connectivity index is 1.54. The molecule has 0 spiro atoms. The number of tetrazole rings is 1. The van der Waals surface area contributed by atoms with Crippen molar-refractivity contribution in [3.63, 3.8) is 0 Å². The summed E-state index contributed by atoms with van der Waals surface area (Å²) in [4.78, 5) is 30.8. The lowest BCUT2D eigenvalue weighted by Crippen LogP contribution is -2.33. The maximum Gasteiger partial charge on any atom is 0.327 e. The first-order chi connectivity index (χ1) is 18.9. The highest BCUT2D eigenvalue weighted by Crippen LogP contribution is 2.34. The van der Waals surface area contributed by atoms with Gasteiger partial charge in [-0.25, -0.2) is 4.68 Å². The van der Waals surface area contributed by atoms with Gasteiger partial charge in [0.25, 0.3) is 5.56 Å². The Morgan fingerprint density at radius 2 is 1.90 bits per heavy atom. The van der Waals surface area contributed by atoms with Crippen LogP contribution in [0.4, 0.5) is 0 Å². The van der Waals surface area contributed by atoms with Crippen LogP contribution in [0.3, 0.4) is 0 Å². The molecule has 11 heteroatoms. The van der Waals surface area contributed by atoms with Crippen LogP contribution >= 0.6 is 0 Å². The second-order valence-corrected chi connectivity index (χ2v) is 9.63. The number of rotatable bonds is 10. The van der Waals surface area contributed by atoms with Gasteiger partial charge in [-0.1, -0.05) is 25.1 Å². The van der Waals surface area contributed by atoms with E-state index in [4.69, 9.17) is 14.2 Å². The Bertz CT molecular complexity index is 1560. The molecule has 3 heterocycles. The summed E-state index contributed by atoms with van der Waals surface area (Å²) in [5.74, 6) is 1.49. The van der Waals surface area contributed by atoms with Crippen molar-refractivity contribution in [2.75, 3.05) is 13.4 Å². The highest BCUT2D eigenvalue weighted by molar-refractivity contribution is 5.85. The number of hydrogen-bond acceptors (Lipinski definition) is 9. The van der Waals surface area contributed by atoms with Gasteiger partial charge in [0, 0.05) is 24.0 Å². The number of hydrogen-bond donors (Lipinski definition) is 1. The molecule has 0 saturated carbocycles. The maximum absolute atomic E-state index is 13.3. The molecule has 1 aliphatic rings. The number of aromatic nitrogens is 5. The van der Waals surface area contributed by atoms with Crippen molar-refractivity contribution in [1.29, 1.82) is 0 Å². The van der Waals surface area contributed by atoms with E-state index in [1.165, 1.54) is 4.68 Å². The van der Waals surface area contributed by atoms with Gasteiger partial charge in [0.05, 0.1) is 18.2 Å². The minimum absolute atomic E-state index is 0.0977. The molecule has 2 aromatic carbocycles. The highest BCUT2D eigenvalue weighted by atomic mass is 16.7. The molecule has 11 nitrogen and oxygen atoms in total. The maximum atomic E-state index is 13.3. The van der Waals surface area contributed by atoms with Crippen molar-refractivity contribution < 1.29 is 19.0 Å². The predicted molar refractivity (Wildman–Crippen MR) is 143 cm³/mol. The standard InChI is InChI=1S/C28H32N6O5/c1-5-22(27-30-31-32-34(27)15-25(35)37-6-2)33(13-19-9-10-23-24(11-19)39-16-38-23)14-20-12-21-17(3)7-8-18(4)26(21)29-28(20)36/h7-12,22H,5-6,13-16H2,1-4H3,(H,29,36)/t22-/m0/s1. The van der Waals surface area contributed by atoms with Crippen molar-refractivity contribution in [2.45, 2.75) is 59.8 Å². The minimum Gasteiger partial charge on any atom is -0.465 e. The van der Waals surface area contributed by atoms with Crippen molar-refractivity contribution in [2.24, 2.45) is 0 Å². The van der Waals surface area contributed by atoms with Crippen molar-refractivity contribution in [3.8, 4) is 11.5 Å². The normalized spacial score (nSPS) is 13.3. The highest BCUT2D eigenvalue weighted by Gasteiger charge is 2.27. The van der Waals surface area contributed by atoms with Gasteiger partial charge in [-0.2, -0.15) is 0 Å². The number of benzene rings is 2. The summed E-state index contributed by atoms with van der Waals surface area (Å²) in [6, 6.07) is 11.6. The summed E-state index contributed by atoms with van der Waals surface area (Å²) >= 11 is 0. The van der Waals surface area contributed by atoms with Crippen LogP contribution in [0.25, 0.3) is 10.9 Å². The zero-order valence-electron chi connectivity index (χ0n) is 22.6. The van der Waals surface area contributed by atoms with Crippen molar-refractivity contribution in [1.82, 2.24) is 30.1 Å². The van der Waals surface area contributed by atoms with Gasteiger partial charge in [-0.3, -0.25) is 14.5 Å². The van der Waals surface area contributed by atoms with Crippen LogP contribution < -0.4 is 15.0 Å². The third kappa shape index (κ3) is 5.49. The fourth-order valence-electron chi connectivity index (χ4n) is 5.00. The van der Waals surface area contributed by atoms with E-state index < -0.39 is 5.97 Å². The van der Waals surface area contributed by atoms with Gasteiger partial charge in [-0.15, -0.1) is 5.10 Å². The summed E-state index contributed by atoms with van der Waals surface area (Å²) in [5, 5.41) is 13.2. The quantitative estimate of drug-likeness (QED) is 0.305. The van der Waals surface area contributed by atoms with E-state index >= 15 is 0 Å². The van der Waals surface area contributed by atoms with Gasteiger partial charge >= 0.3 is 5.97 Å². The van der Waals surface area contributed by atoms with Crippen LogP contribution in [0, 0.1) is 13.8 Å². The molecule has 0 fully saturated rings. The SMILES string of the molecule is CCOC(=O)Cn1nnnc1[C@H](CC)N(Cc1ccc2c(c1)OCO2)Cc1cc2c(C)ccc(C)c2[nH]c1=O. The first-order valence-electron chi connectivity index (χ1n) is 13.0. The average Bonchev–Trinajstić information content (AvgIpc) is 3.57. The average molecular weight is 533 g/mol. The van der Waals surface area contributed by atoms with Crippen LogP contribution in [0.15, 0.2) is 41.2 Å². The van der Waals surface area contributed by atoms with Crippen LogP contribution in [0.1, 0.15) is 54.4 Å². The number of aryl methyl sites for hydroxylation is 2. The minimum atomic E-state index is -0.417. The number of nitrogens with zero attached hydrogens (tertiary/aromatic N) is 5.